The summed E-state index contributed by atoms with van der Waals surface area (Å²) in [6, 6.07) is 18.2. The molecule has 0 spiro atoms. The van der Waals surface area contributed by atoms with Crippen LogP contribution in [0.3, 0.4) is 0 Å². The van der Waals surface area contributed by atoms with Crippen molar-refractivity contribution in [2.75, 3.05) is 12.4 Å². The lowest BCUT2D eigenvalue weighted by Gasteiger charge is -2.15. The Hall–Kier alpha value is -2.93. The summed E-state index contributed by atoms with van der Waals surface area (Å²) in [6.07, 6.45) is 0.637. The Morgan fingerprint density at radius 2 is 1.89 bits per heavy atom. The largest absolute Gasteiger partial charge is 0.496 e. The number of amides is 1. The van der Waals surface area contributed by atoms with Gasteiger partial charge in [0.25, 0.3) is 5.56 Å². The number of carbonyl (C=O) groups excluding carboxylic acids is 1. The highest BCUT2D eigenvalue weighted by atomic mass is 32.2. The first-order valence-electron chi connectivity index (χ1n) is 8.60. The zero-order chi connectivity index (χ0) is 19.2. The molecule has 27 heavy (non-hydrogen) atoms. The third-order valence-electron chi connectivity index (χ3n) is 3.99. The lowest BCUT2D eigenvalue weighted by Crippen LogP contribution is -2.24. The average Bonchev–Trinajstić information content (AvgIpc) is 3.06. The molecular weight excluding hydrogens is 362 g/mol. The van der Waals surface area contributed by atoms with E-state index in [1.165, 1.54) is 22.5 Å². The predicted octanol–water partition coefficient (Wildman–Crippen LogP) is 3.68. The van der Waals surface area contributed by atoms with E-state index in [4.69, 9.17) is 4.74 Å². The lowest BCUT2D eigenvalue weighted by atomic mass is 10.3. The Labute approximate surface area is 161 Å². The normalized spacial score (nSPS) is 11.8. The molecule has 6 nitrogen and oxygen atoms in total. The second-order valence-corrected chi connectivity index (χ2v) is 7.08. The molecular formula is C20H21N3O3S. The van der Waals surface area contributed by atoms with E-state index >= 15 is 0 Å². The van der Waals surface area contributed by atoms with Gasteiger partial charge in [0, 0.05) is 6.07 Å². The first-order chi connectivity index (χ1) is 13.1. The third-order valence-corrected chi connectivity index (χ3v) is 5.42. The molecule has 0 saturated heterocycles. The van der Waals surface area contributed by atoms with Crippen LogP contribution >= 0.6 is 11.8 Å². The number of hydrogen-bond donors (Lipinski definition) is 2. The lowest BCUT2D eigenvalue weighted by molar-refractivity contribution is -0.115. The van der Waals surface area contributed by atoms with E-state index in [9.17, 15) is 9.59 Å². The Bertz CT molecular complexity index is 966. The molecule has 7 heteroatoms. The van der Waals surface area contributed by atoms with Gasteiger partial charge in [-0.1, -0.05) is 37.3 Å². The number of thioether (sulfide) groups is 1. The standard InChI is InChI=1S/C20H21N3O3S/c1-3-16(27-17-12-8-7-11-15(17)26-2)20(25)21-18-13-19(24)23(22-18)14-9-5-4-6-10-14/h4-13,16,22H,3H2,1-2H3,(H,21,25). The summed E-state index contributed by atoms with van der Waals surface area (Å²) >= 11 is 1.44. The Morgan fingerprint density at radius 1 is 1.19 bits per heavy atom. The molecule has 2 aromatic carbocycles. The average molecular weight is 383 g/mol. The number of benzene rings is 2. The zero-order valence-corrected chi connectivity index (χ0v) is 16.0. The monoisotopic (exact) mass is 383 g/mol. The number of rotatable bonds is 7. The van der Waals surface area contributed by atoms with Crippen LogP contribution in [0, 0.1) is 0 Å². The molecule has 0 bridgehead atoms. The second-order valence-electron chi connectivity index (χ2n) is 5.83. The molecule has 3 aromatic rings. The van der Waals surface area contributed by atoms with Crippen molar-refractivity contribution in [3.8, 4) is 11.4 Å². The number of aromatic amines is 1. The summed E-state index contributed by atoms with van der Waals surface area (Å²) in [5.41, 5.74) is 0.473. The number of aromatic nitrogens is 2. The number of H-pyrrole nitrogens is 1. The fourth-order valence-electron chi connectivity index (χ4n) is 2.63. The minimum Gasteiger partial charge on any atom is -0.496 e. The molecule has 3 rings (SSSR count). The number of para-hydroxylation sites is 2. The van der Waals surface area contributed by atoms with Crippen LogP contribution in [0.5, 0.6) is 5.75 Å². The zero-order valence-electron chi connectivity index (χ0n) is 15.1. The maximum absolute atomic E-state index is 12.7. The van der Waals surface area contributed by atoms with Gasteiger partial charge in [0.05, 0.1) is 22.9 Å². The number of methoxy groups -OCH3 is 1. The summed E-state index contributed by atoms with van der Waals surface area (Å²) in [5, 5.41) is 5.42. The molecule has 0 saturated carbocycles. The molecule has 1 heterocycles. The maximum atomic E-state index is 12.7. The number of anilines is 1. The van der Waals surface area contributed by atoms with E-state index < -0.39 is 0 Å². The predicted molar refractivity (Wildman–Crippen MR) is 108 cm³/mol. The van der Waals surface area contributed by atoms with Gasteiger partial charge < -0.3 is 10.1 Å². The molecule has 1 amide bonds. The molecule has 0 aliphatic rings. The fraction of sp³-hybridized carbons (Fsp3) is 0.200. The van der Waals surface area contributed by atoms with Crippen LogP contribution in [0.1, 0.15) is 13.3 Å². The Balaban J connectivity index is 1.75. The van der Waals surface area contributed by atoms with Crippen molar-refractivity contribution in [1.82, 2.24) is 9.78 Å². The van der Waals surface area contributed by atoms with E-state index in [1.807, 2.05) is 61.5 Å². The first kappa shape index (κ1) is 18.8. The molecule has 2 N–H and O–H groups in total. The van der Waals surface area contributed by atoms with E-state index in [1.54, 1.807) is 7.11 Å². The van der Waals surface area contributed by atoms with Gasteiger partial charge in [-0.3, -0.25) is 14.7 Å². The minimum atomic E-state index is -0.315. The molecule has 1 aromatic heterocycles. The maximum Gasteiger partial charge on any atom is 0.273 e. The summed E-state index contributed by atoms with van der Waals surface area (Å²) in [7, 11) is 1.61. The summed E-state index contributed by atoms with van der Waals surface area (Å²) in [6.45, 7) is 1.95. The van der Waals surface area contributed by atoms with Crippen molar-refractivity contribution in [2.45, 2.75) is 23.5 Å². The molecule has 140 valence electrons. The van der Waals surface area contributed by atoms with Gasteiger partial charge in [-0.2, -0.15) is 0 Å². The molecule has 0 fully saturated rings. The van der Waals surface area contributed by atoms with Gasteiger partial charge in [0.2, 0.25) is 5.91 Å². The van der Waals surface area contributed by atoms with E-state index in [0.29, 0.717) is 17.9 Å². The van der Waals surface area contributed by atoms with Crippen molar-refractivity contribution in [2.24, 2.45) is 0 Å². The van der Waals surface area contributed by atoms with Crippen LogP contribution in [-0.2, 0) is 4.79 Å². The van der Waals surface area contributed by atoms with Gasteiger partial charge in [-0.25, -0.2) is 4.68 Å². The van der Waals surface area contributed by atoms with Gasteiger partial charge >= 0.3 is 0 Å². The fourth-order valence-corrected chi connectivity index (χ4v) is 3.70. The number of nitrogens with one attached hydrogen (secondary N) is 2. The van der Waals surface area contributed by atoms with Gasteiger partial charge in [0.15, 0.2) is 0 Å². The van der Waals surface area contributed by atoms with Crippen LogP contribution in [0.25, 0.3) is 5.69 Å². The van der Waals surface area contributed by atoms with Crippen LogP contribution in [0.15, 0.2) is 70.4 Å². The van der Waals surface area contributed by atoms with Crippen molar-refractivity contribution >= 4 is 23.5 Å². The molecule has 0 radical (unpaired) electrons. The van der Waals surface area contributed by atoms with E-state index in [2.05, 4.69) is 10.4 Å². The molecule has 1 unspecified atom stereocenters. The topological polar surface area (TPSA) is 76.1 Å². The number of nitrogens with zero attached hydrogens (tertiary/aromatic N) is 1. The molecule has 0 aliphatic carbocycles. The third kappa shape index (κ3) is 4.43. The first-order valence-corrected chi connectivity index (χ1v) is 9.48. The van der Waals surface area contributed by atoms with Crippen LogP contribution in [-0.4, -0.2) is 28.0 Å². The van der Waals surface area contributed by atoms with Gasteiger partial charge in [-0.15, -0.1) is 11.8 Å². The van der Waals surface area contributed by atoms with Gasteiger partial charge in [-0.05, 0) is 30.7 Å². The van der Waals surface area contributed by atoms with Crippen molar-refractivity contribution in [3.63, 3.8) is 0 Å². The highest BCUT2D eigenvalue weighted by molar-refractivity contribution is 8.00. The van der Waals surface area contributed by atoms with E-state index in [0.717, 1.165) is 10.6 Å². The smallest absolute Gasteiger partial charge is 0.273 e. The van der Waals surface area contributed by atoms with Crippen molar-refractivity contribution in [1.29, 1.82) is 0 Å². The number of ether oxygens (including phenoxy) is 1. The summed E-state index contributed by atoms with van der Waals surface area (Å²) in [4.78, 5) is 25.8. The van der Waals surface area contributed by atoms with E-state index in [-0.39, 0.29) is 16.7 Å². The molecule has 0 aliphatic heterocycles. The van der Waals surface area contributed by atoms with Crippen LogP contribution < -0.4 is 15.6 Å². The van der Waals surface area contributed by atoms with Gasteiger partial charge in [0.1, 0.15) is 11.6 Å². The van der Waals surface area contributed by atoms with Crippen molar-refractivity contribution < 1.29 is 9.53 Å². The highest BCUT2D eigenvalue weighted by Gasteiger charge is 2.20. The molecule has 1 atom stereocenters. The Morgan fingerprint density at radius 3 is 2.59 bits per heavy atom. The summed E-state index contributed by atoms with van der Waals surface area (Å²) < 4.78 is 6.75. The SMILES string of the molecule is CCC(Sc1ccccc1OC)C(=O)Nc1cc(=O)n(-c2ccccc2)[nH]1. The van der Waals surface area contributed by atoms with Crippen LogP contribution in [0.4, 0.5) is 5.82 Å². The quantitative estimate of drug-likeness (QED) is 0.610. The van der Waals surface area contributed by atoms with Crippen LogP contribution in [0.2, 0.25) is 0 Å². The van der Waals surface area contributed by atoms with Crippen molar-refractivity contribution in [3.05, 3.63) is 71.0 Å². The Kier molecular flexibility index (Phi) is 6.03. The highest BCUT2D eigenvalue weighted by Crippen LogP contribution is 2.33. The number of carbonyl (C=O) groups is 1. The second kappa shape index (κ2) is 8.64. The minimum absolute atomic E-state index is 0.171. The summed E-state index contributed by atoms with van der Waals surface area (Å²) in [5.74, 6) is 0.931. The number of hydrogen-bond acceptors (Lipinski definition) is 4.